The number of nitrogens with one attached hydrogen (secondary N) is 1. The third kappa shape index (κ3) is 2.08. The number of esters is 1. The Kier molecular flexibility index (Phi) is 3.21. The Morgan fingerprint density at radius 3 is 2.57 bits per heavy atom. The van der Waals surface area contributed by atoms with Gasteiger partial charge >= 0.3 is 5.97 Å². The molecule has 8 nitrogen and oxygen atoms in total. The Morgan fingerprint density at radius 1 is 1.17 bits per heavy atom. The molecule has 0 saturated heterocycles. The number of nitrogens with zero attached hydrogens (tertiary/aromatic N) is 1. The zero-order valence-corrected chi connectivity index (χ0v) is 11.9. The summed E-state index contributed by atoms with van der Waals surface area (Å²) in [7, 11) is 1.20. The van der Waals surface area contributed by atoms with Crippen molar-refractivity contribution < 1.29 is 29.6 Å². The summed E-state index contributed by atoms with van der Waals surface area (Å²) in [6.07, 6.45) is 0.385. The van der Waals surface area contributed by atoms with Crippen LogP contribution in [0.1, 0.15) is 10.4 Å². The maximum absolute atomic E-state index is 11.9. The Labute approximate surface area is 130 Å². The number of carbonyl (C=O) groups excluding carboxylic acids is 2. The lowest BCUT2D eigenvalue weighted by molar-refractivity contribution is -0.106. The van der Waals surface area contributed by atoms with Gasteiger partial charge in [0.1, 0.15) is 28.6 Å². The lowest BCUT2D eigenvalue weighted by Gasteiger charge is -2.31. The van der Waals surface area contributed by atoms with Crippen LogP contribution in [0.5, 0.6) is 17.2 Å². The second-order valence-electron chi connectivity index (χ2n) is 4.81. The van der Waals surface area contributed by atoms with Crippen LogP contribution in [0.3, 0.4) is 0 Å². The maximum Gasteiger partial charge on any atom is 0.340 e. The fourth-order valence-electron chi connectivity index (χ4n) is 2.54. The molecule has 118 valence electrons. The quantitative estimate of drug-likeness (QED) is 0.493. The molecule has 0 fully saturated rings. The van der Waals surface area contributed by atoms with Gasteiger partial charge in [-0.3, -0.25) is 9.69 Å². The first-order valence-corrected chi connectivity index (χ1v) is 6.49. The van der Waals surface area contributed by atoms with E-state index in [0.717, 1.165) is 11.0 Å². The zero-order valence-electron chi connectivity index (χ0n) is 11.9. The Morgan fingerprint density at radius 2 is 1.91 bits per heavy atom. The molecule has 8 heteroatoms. The average molecular weight is 316 g/mol. The molecular formula is C15H12N2O6. The van der Waals surface area contributed by atoms with E-state index in [0.29, 0.717) is 6.41 Å². The van der Waals surface area contributed by atoms with Crippen molar-refractivity contribution in [2.24, 2.45) is 0 Å². The highest BCUT2D eigenvalue weighted by Gasteiger charge is 2.31. The molecule has 4 N–H and O–H groups in total. The van der Waals surface area contributed by atoms with Gasteiger partial charge in [-0.05, 0) is 12.1 Å². The van der Waals surface area contributed by atoms with Gasteiger partial charge in [-0.25, -0.2) is 4.79 Å². The number of hydrogen-bond acceptors (Lipinski definition) is 7. The van der Waals surface area contributed by atoms with Crippen LogP contribution in [0.2, 0.25) is 0 Å². The van der Waals surface area contributed by atoms with Crippen molar-refractivity contribution in [1.82, 2.24) is 0 Å². The van der Waals surface area contributed by atoms with Crippen molar-refractivity contribution in [2.75, 3.05) is 17.3 Å². The first kappa shape index (κ1) is 14.5. The highest BCUT2D eigenvalue weighted by Crippen LogP contribution is 2.52. The molecule has 1 heterocycles. The first-order valence-electron chi connectivity index (χ1n) is 6.49. The number of ether oxygens (including phenoxy) is 1. The van der Waals surface area contributed by atoms with E-state index in [9.17, 15) is 24.9 Å². The molecule has 3 rings (SSSR count). The lowest BCUT2D eigenvalue weighted by atomic mass is 10.0. The predicted octanol–water partition coefficient (Wildman–Crippen LogP) is 1.94. The van der Waals surface area contributed by atoms with Gasteiger partial charge in [-0.15, -0.1) is 0 Å². The molecule has 0 spiro atoms. The van der Waals surface area contributed by atoms with E-state index in [4.69, 9.17) is 0 Å². The summed E-state index contributed by atoms with van der Waals surface area (Å²) in [4.78, 5) is 24.4. The van der Waals surface area contributed by atoms with Crippen LogP contribution < -0.4 is 10.2 Å². The van der Waals surface area contributed by atoms with E-state index >= 15 is 0 Å². The fourth-order valence-corrected chi connectivity index (χ4v) is 2.54. The summed E-state index contributed by atoms with van der Waals surface area (Å²) in [5, 5.41) is 32.5. The number of phenolic OH excluding ortho intramolecular Hbond substituents is 3. The van der Waals surface area contributed by atoms with E-state index in [-0.39, 0.29) is 45.6 Å². The second kappa shape index (κ2) is 5.09. The lowest BCUT2D eigenvalue weighted by Crippen LogP contribution is -2.23. The number of fused-ring (bicyclic) bond motifs is 2. The van der Waals surface area contributed by atoms with E-state index in [2.05, 4.69) is 10.1 Å². The molecule has 2 aromatic rings. The Hall–Kier alpha value is -3.42. The minimum atomic E-state index is -0.674. The molecule has 2 aromatic carbocycles. The van der Waals surface area contributed by atoms with Crippen LogP contribution in [0.4, 0.5) is 22.7 Å². The van der Waals surface area contributed by atoms with Crippen LogP contribution in [0.15, 0.2) is 24.3 Å². The number of benzene rings is 2. The Bertz CT molecular complexity index is 833. The van der Waals surface area contributed by atoms with Crippen molar-refractivity contribution in [3.63, 3.8) is 0 Å². The summed E-state index contributed by atoms with van der Waals surface area (Å²) >= 11 is 0. The molecule has 0 unspecified atom stereocenters. The summed E-state index contributed by atoms with van der Waals surface area (Å²) in [5.41, 5.74) is 0.443. The van der Waals surface area contributed by atoms with Crippen molar-refractivity contribution >= 4 is 35.1 Å². The third-order valence-corrected chi connectivity index (χ3v) is 3.48. The van der Waals surface area contributed by atoms with Crippen molar-refractivity contribution in [2.45, 2.75) is 0 Å². The molecule has 0 atom stereocenters. The van der Waals surface area contributed by atoms with E-state index in [1.54, 1.807) is 0 Å². The summed E-state index contributed by atoms with van der Waals surface area (Å²) < 4.78 is 4.68. The van der Waals surface area contributed by atoms with Crippen molar-refractivity contribution in [3.05, 3.63) is 29.8 Å². The minimum absolute atomic E-state index is 0.00334. The van der Waals surface area contributed by atoms with Gasteiger partial charge in [0, 0.05) is 12.1 Å². The number of phenols is 3. The van der Waals surface area contributed by atoms with Gasteiger partial charge in [-0.1, -0.05) is 0 Å². The first-order chi connectivity index (χ1) is 11.0. The van der Waals surface area contributed by atoms with E-state index in [1.165, 1.54) is 25.3 Å². The zero-order chi connectivity index (χ0) is 16.7. The number of amides is 1. The average Bonchev–Trinajstić information content (AvgIpc) is 2.52. The number of hydrogen-bond donors (Lipinski definition) is 4. The number of methoxy groups -OCH3 is 1. The number of rotatable bonds is 2. The summed E-state index contributed by atoms with van der Waals surface area (Å²) in [6.45, 7) is 0. The molecule has 0 aromatic heterocycles. The van der Waals surface area contributed by atoms with Crippen molar-refractivity contribution in [1.29, 1.82) is 0 Å². The van der Waals surface area contributed by atoms with Gasteiger partial charge in [0.15, 0.2) is 0 Å². The predicted molar refractivity (Wildman–Crippen MR) is 80.7 cm³/mol. The van der Waals surface area contributed by atoms with Gasteiger partial charge in [-0.2, -0.15) is 0 Å². The maximum atomic E-state index is 11.9. The van der Waals surface area contributed by atoms with Crippen LogP contribution in [0.25, 0.3) is 0 Å². The van der Waals surface area contributed by atoms with Crippen LogP contribution in [-0.4, -0.2) is 34.8 Å². The molecule has 1 aliphatic heterocycles. The molecule has 23 heavy (non-hydrogen) atoms. The molecule has 0 aliphatic carbocycles. The Balaban J connectivity index is 2.31. The summed E-state index contributed by atoms with van der Waals surface area (Å²) in [6, 6.07) is 4.91. The highest BCUT2D eigenvalue weighted by atomic mass is 16.5. The summed E-state index contributed by atoms with van der Waals surface area (Å²) in [5.74, 6) is -1.55. The second-order valence-corrected chi connectivity index (χ2v) is 4.81. The van der Waals surface area contributed by atoms with Crippen LogP contribution in [0, 0.1) is 0 Å². The van der Waals surface area contributed by atoms with Crippen molar-refractivity contribution in [3.8, 4) is 17.2 Å². The number of carbonyl (C=O) groups is 2. The molecule has 0 saturated carbocycles. The molecular weight excluding hydrogens is 304 g/mol. The smallest absolute Gasteiger partial charge is 0.340 e. The van der Waals surface area contributed by atoms with Gasteiger partial charge in [0.25, 0.3) is 0 Å². The molecule has 1 amide bonds. The van der Waals surface area contributed by atoms with Gasteiger partial charge < -0.3 is 25.4 Å². The van der Waals surface area contributed by atoms with Crippen LogP contribution in [-0.2, 0) is 9.53 Å². The van der Waals surface area contributed by atoms with E-state index in [1.807, 2.05) is 0 Å². The topological polar surface area (TPSA) is 119 Å². The van der Waals surface area contributed by atoms with Gasteiger partial charge in [0.05, 0.1) is 24.0 Å². The minimum Gasteiger partial charge on any atom is -0.508 e. The molecule has 0 bridgehead atoms. The molecule has 1 aliphatic rings. The monoisotopic (exact) mass is 316 g/mol. The van der Waals surface area contributed by atoms with E-state index < -0.39 is 5.97 Å². The normalized spacial score (nSPS) is 12.0. The highest BCUT2D eigenvalue weighted by molar-refractivity contribution is 6.11. The van der Waals surface area contributed by atoms with Gasteiger partial charge in [0.2, 0.25) is 6.41 Å². The number of aromatic hydroxyl groups is 3. The standard InChI is InChI=1S/C15H12N2O6/c1-23-15(22)8-2-3-10(20)14-12(8)16-9-4-7(19)5-11(21)13(9)17(14)6-18/h2-6,16,19-21H,1H3. The van der Waals surface area contributed by atoms with Crippen LogP contribution >= 0.6 is 0 Å². The SMILES string of the molecule is COC(=O)c1ccc(O)c2c1Nc1cc(O)cc(O)c1N2C=O. The molecule has 0 radical (unpaired) electrons. The fraction of sp³-hybridized carbons (Fsp3) is 0.0667. The third-order valence-electron chi connectivity index (χ3n) is 3.48. The largest absolute Gasteiger partial charge is 0.508 e. The number of anilines is 4.